The summed E-state index contributed by atoms with van der Waals surface area (Å²) in [5, 5.41) is -0.152. The summed E-state index contributed by atoms with van der Waals surface area (Å²) in [5.74, 6) is -2.77. The normalized spacial score (nSPS) is 11.2. The lowest BCUT2D eigenvalue weighted by Gasteiger charge is -2.08. The number of nitrogens with zero attached hydrogens (tertiary/aromatic N) is 2. The van der Waals surface area contributed by atoms with Crippen molar-refractivity contribution in [3.05, 3.63) is 52.8 Å². The molecule has 2 N–H and O–H groups in total. The third-order valence-electron chi connectivity index (χ3n) is 2.90. The van der Waals surface area contributed by atoms with Crippen molar-refractivity contribution >= 4 is 28.6 Å². The van der Waals surface area contributed by atoms with Crippen molar-refractivity contribution in [2.75, 3.05) is 5.73 Å². The molecule has 1 heterocycles. The van der Waals surface area contributed by atoms with Gasteiger partial charge in [-0.3, -0.25) is 4.57 Å². The Morgan fingerprint density at radius 1 is 1.05 bits per heavy atom. The predicted molar refractivity (Wildman–Crippen MR) is 70.4 cm³/mol. The quantitative estimate of drug-likeness (QED) is 0.744. The van der Waals surface area contributed by atoms with Gasteiger partial charge in [-0.1, -0.05) is 11.6 Å². The number of benzene rings is 2. The highest BCUT2D eigenvalue weighted by molar-refractivity contribution is 6.30. The lowest BCUT2D eigenvalue weighted by molar-refractivity contribution is 0.514. The SMILES string of the molecule is Nc1nc2ccc(F)c(F)c2n1-c1ccc(F)c(Cl)c1. The number of nitrogen functional groups attached to an aromatic ring is 1. The Morgan fingerprint density at radius 3 is 2.45 bits per heavy atom. The maximum absolute atomic E-state index is 13.9. The molecule has 0 aliphatic rings. The highest BCUT2D eigenvalue weighted by atomic mass is 35.5. The van der Waals surface area contributed by atoms with Crippen LogP contribution in [0.4, 0.5) is 19.1 Å². The van der Waals surface area contributed by atoms with Crippen molar-refractivity contribution in [2.24, 2.45) is 0 Å². The standard InChI is InChI=1S/C13H7ClF3N3/c14-7-5-6(1-2-8(7)15)20-12-10(19-13(20)18)4-3-9(16)11(12)17/h1-5H,(H2,18,19). The molecule has 0 bridgehead atoms. The average molecular weight is 298 g/mol. The summed E-state index contributed by atoms with van der Waals surface area (Å²) in [4.78, 5) is 3.94. The van der Waals surface area contributed by atoms with E-state index in [4.69, 9.17) is 17.3 Å². The third-order valence-corrected chi connectivity index (χ3v) is 3.19. The Kier molecular flexibility index (Phi) is 2.83. The van der Waals surface area contributed by atoms with E-state index in [0.29, 0.717) is 5.69 Å². The fraction of sp³-hybridized carbons (Fsp3) is 0. The summed E-state index contributed by atoms with van der Waals surface area (Å²) in [6, 6.07) is 6.00. The lowest BCUT2D eigenvalue weighted by Crippen LogP contribution is -2.02. The molecular weight excluding hydrogens is 291 g/mol. The number of hydrogen-bond donors (Lipinski definition) is 1. The number of hydrogen-bond acceptors (Lipinski definition) is 2. The topological polar surface area (TPSA) is 43.8 Å². The molecule has 102 valence electrons. The summed E-state index contributed by atoms with van der Waals surface area (Å²) in [7, 11) is 0. The molecule has 7 heteroatoms. The first-order valence-electron chi connectivity index (χ1n) is 5.56. The minimum absolute atomic E-state index is 0.0489. The predicted octanol–water partition coefficient (Wildman–Crippen LogP) is 3.68. The van der Waals surface area contributed by atoms with Gasteiger partial charge in [-0.25, -0.2) is 18.2 Å². The second kappa shape index (κ2) is 4.42. The molecule has 1 aromatic heterocycles. The molecule has 0 aliphatic carbocycles. The Balaban J connectivity index is 2.38. The van der Waals surface area contributed by atoms with Crippen LogP contribution >= 0.6 is 11.6 Å². The molecule has 0 spiro atoms. The van der Waals surface area contributed by atoms with Crippen LogP contribution in [0.5, 0.6) is 0 Å². The maximum Gasteiger partial charge on any atom is 0.206 e. The average Bonchev–Trinajstić information content (AvgIpc) is 2.74. The molecule has 0 saturated carbocycles. The second-order valence-electron chi connectivity index (χ2n) is 4.13. The third kappa shape index (κ3) is 1.80. The number of halogens is 4. The minimum Gasteiger partial charge on any atom is -0.369 e. The van der Waals surface area contributed by atoms with Crippen molar-refractivity contribution in [2.45, 2.75) is 0 Å². The highest BCUT2D eigenvalue weighted by Crippen LogP contribution is 2.28. The number of imidazole rings is 1. The molecule has 0 fully saturated rings. The van der Waals surface area contributed by atoms with Gasteiger partial charge in [0.15, 0.2) is 11.6 Å². The molecule has 0 amide bonds. The molecule has 0 radical (unpaired) electrons. The van der Waals surface area contributed by atoms with E-state index in [2.05, 4.69) is 4.98 Å². The number of rotatable bonds is 1. The van der Waals surface area contributed by atoms with Gasteiger partial charge in [0.1, 0.15) is 11.3 Å². The van der Waals surface area contributed by atoms with Crippen LogP contribution in [0.3, 0.4) is 0 Å². The van der Waals surface area contributed by atoms with Gasteiger partial charge in [-0.2, -0.15) is 0 Å². The maximum atomic E-state index is 13.9. The molecule has 0 aliphatic heterocycles. The number of aromatic nitrogens is 2. The monoisotopic (exact) mass is 297 g/mol. The van der Waals surface area contributed by atoms with E-state index in [1.165, 1.54) is 22.8 Å². The summed E-state index contributed by atoms with van der Waals surface area (Å²) in [6.45, 7) is 0. The molecule has 3 nitrogen and oxygen atoms in total. The van der Waals surface area contributed by atoms with Gasteiger partial charge in [0.25, 0.3) is 0 Å². The summed E-state index contributed by atoms with van der Waals surface area (Å²) >= 11 is 5.69. The van der Waals surface area contributed by atoms with E-state index >= 15 is 0 Å². The first kappa shape index (κ1) is 12.8. The summed E-state index contributed by atoms with van der Waals surface area (Å²) < 4.78 is 41.6. The Morgan fingerprint density at radius 2 is 1.75 bits per heavy atom. The Bertz CT molecular complexity index is 829. The number of fused-ring (bicyclic) bond motifs is 1. The molecule has 0 atom stereocenters. The van der Waals surface area contributed by atoms with Gasteiger partial charge in [-0.15, -0.1) is 0 Å². The Hall–Kier alpha value is -2.21. The van der Waals surface area contributed by atoms with Crippen LogP contribution in [0.15, 0.2) is 30.3 Å². The van der Waals surface area contributed by atoms with Gasteiger partial charge in [0, 0.05) is 0 Å². The van der Waals surface area contributed by atoms with Crippen molar-refractivity contribution in [1.82, 2.24) is 9.55 Å². The van der Waals surface area contributed by atoms with Gasteiger partial charge in [0.2, 0.25) is 5.95 Å². The fourth-order valence-electron chi connectivity index (χ4n) is 2.01. The van der Waals surface area contributed by atoms with Crippen LogP contribution < -0.4 is 5.73 Å². The minimum atomic E-state index is -1.08. The van der Waals surface area contributed by atoms with Gasteiger partial charge < -0.3 is 5.73 Å². The zero-order chi connectivity index (χ0) is 14.4. The van der Waals surface area contributed by atoms with Crippen LogP contribution in [-0.4, -0.2) is 9.55 Å². The highest BCUT2D eigenvalue weighted by Gasteiger charge is 2.17. The molecule has 0 unspecified atom stereocenters. The van der Waals surface area contributed by atoms with Crippen LogP contribution in [-0.2, 0) is 0 Å². The number of anilines is 1. The largest absolute Gasteiger partial charge is 0.369 e. The van der Waals surface area contributed by atoms with Crippen molar-refractivity contribution in [3.8, 4) is 5.69 Å². The summed E-state index contributed by atoms with van der Waals surface area (Å²) in [6.07, 6.45) is 0. The zero-order valence-electron chi connectivity index (χ0n) is 9.87. The first-order valence-corrected chi connectivity index (χ1v) is 5.94. The smallest absolute Gasteiger partial charge is 0.206 e. The van der Waals surface area contributed by atoms with Crippen molar-refractivity contribution < 1.29 is 13.2 Å². The van der Waals surface area contributed by atoms with E-state index in [9.17, 15) is 13.2 Å². The van der Waals surface area contributed by atoms with Gasteiger partial charge in [0.05, 0.1) is 16.2 Å². The molecule has 20 heavy (non-hydrogen) atoms. The van der Waals surface area contributed by atoms with Gasteiger partial charge >= 0.3 is 0 Å². The van der Waals surface area contributed by atoms with E-state index in [1.807, 2.05) is 0 Å². The first-order chi connectivity index (χ1) is 9.49. The summed E-state index contributed by atoms with van der Waals surface area (Å²) in [5.41, 5.74) is 6.09. The van der Waals surface area contributed by atoms with Crippen LogP contribution in [0, 0.1) is 17.5 Å². The Labute approximate surface area is 116 Å². The van der Waals surface area contributed by atoms with Crippen LogP contribution in [0.2, 0.25) is 5.02 Å². The van der Waals surface area contributed by atoms with Crippen LogP contribution in [0.25, 0.3) is 16.7 Å². The molecule has 3 aromatic rings. The molecule has 2 aromatic carbocycles. The van der Waals surface area contributed by atoms with Crippen molar-refractivity contribution in [3.63, 3.8) is 0 Å². The number of nitrogens with two attached hydrogens (primary N) is 1. The van der Waals surface area contributed by atoms with Gasteiger partial charge in [-0.05, 0) is 30.3 Å². The van der Waals surface area contributed by atoms with E-state index < -0.39 is 17.5 Å². The zero-order valence-corrected chi connectivity index (χ0v) is 10.6. The lowest BCUT2D eigenvalue weighted by atomic mass is 10.2. The van der Waals surface area contributed by atoms with E-state index in [0.717, 1.165) is 12.1 Å². The van der Waals surface area contributed by atoms with Crippen LogP contribution in [0.1, 0.15) is 0 Å². The van der Waals surface area contributed by atoms with Crippen molar-refractivity contribution in [1.29, 1.82) is 0 Å². The van der Waals surface area contributed by atoms with E-state index in [-0.39, 0.29) is 22.0 Å². The van der Waals surface area contributed by atoms with E-state index in [1.54, 1.807) is 0 Å². The molecular formula is C13H7ClF3N3. The molecule has 0 saturated heterocycles. The fourth-order valence-corrected chi connectivity index (χ4v) is 2.18. The second-order valence-corrected chi connectivity index (χ2v) is 4.54. The molecule has 3 rings (SSSR count).